The lowest BCUT2D eigenvalue weighted by molar-refractivity contribution is 0.469. The summed E-state index contributed by atoms with van der Waals surface area (Å²) in [5.41, 5.74) is 1.99. The molecule has 102 valence electrons. The summed E-state index contributed by atoms with van der Waals surface area (Å²) in [5, 5.41) is 3.35. The molecule has 0 saturated heterocycles. The fourth-order valence-corrected chi connectivity index (χ4v) is 2.26. The van der Waals surface area contributed by atoms with Gasteiger partial charge in [-0.05, 0) is 60.7 Å². The largest absolute Gasteiger partial charge is 0.457 e. The van der Waals surface area contributed by atoms with E-state index in [-0.39, 0.29) is 0 Å². The van der Waals surface area contributed by atoms with Crippen LogP contribution in [-0.2, 0) is 0 Å². The molecule has 4 aliphatic heterocycles. The SMILES string of the molecule is c1cc2cc(c1)Oc1ccc(cc1)Oc1ccc(cc1)N2. The molecule has 3 nitrogen and oxygen atoms in total. The molecule has 0 atom stereocenters. The van der Waals surface area contributed by atoms with Crippen LogP contribution < -0.4 is 14.8 Å². The third kappa shape index (κ3) is 2.54. The van der Waals surface area contributed by atoms with E-state index in [4.69, 9.17) is 9.47 Å². The maximum absolute atomic E-state index is 5.85. The minimum Gasteiger partial charge on any atom is -0.457 e. The topological polar surface area (TPSA) is 30.5 Å². The van der Waals surface area contributed by atoms with E-state index in [0.717, 1.165) is 34.4 Å². The Balaban J connectivity index is 1.83. The van der Waals surface area contributed by atoms with Crippen molar-refractivity contribution < 1.29 is 9.47 Å². The van der Waals surface area contributed by atoms with E-state index in [1.54, 1.807) is 0 Å². The Kier molecular flexibility index (Phi) is 2.75. The molecule has 0 saturated carbocycles. The number of benzene rings is 3. The Bertz CT molecular complexity index is 701. The van der Waals surface area contributed by atoms with Crippen LogP contribution in [-0.4, -0.2) is 0 Å². The second kappa shape index (κ2) is 4.87. The van der Waals surface area contributed by atoms with Crippen molar-refractivity contribution in [2.24, 2.45) is 0 Å². The normalized spacial score (nSPS) is 12.0. The minimum atomic E-state index is 0.783. The fourth-order valence-electron chi connectivity index (χ4n) is 2.26. The van der Waals surface area contributed by atoms with Gasteiger partial charge in [-0.1, -0.05) is 6.07 Å². The van der Waals surface area contributed by atoms with Crippen molar-refractivity contribution in [1.29, 1.82) is 0 Å². The third-order valence-electron chi connectivity index (χ3n) is 3.27. The number of anilines is 2. The minimum absolute atomic E-state index is 0.783. The van der Waals surface area contributed by atoms with Crippen molar-refractivity contribution in [2.45, 2.75) is 0 Å². The van der Waals surface area contributed by atoms with E-state index in [1.165, 1.54) is 0 Å². The molecule has 0 amide bonds. The highest BCUT2D eigenvalue weighted by molar-refractivity contribution is 5.62. The molecule has 0 radical (unpaired) electrons. The van der Waals surface area contributed by atoms with Gasteiger partial charge in [-0.25, -0.2) is 0 Å². The molecule has 4 heterocycles. The summed E-state index contributed by atoms with van der Waals surface area (Å²) in [6.07, 6.45) is 0. The number of hydrogen-bond acceptors (Lipinski definition) is 3. The second-order valence-electron chi connectivity index (χ2n) is 4.85. The number of nitrogens with one attached hydrogen (secondary N) is 1. The molecule has 0 spiro atoms. The number of hydrogen-bond donors (Lipinski definition) is 1. The maximum atomic E-state index is 5.85. The van der Waals surface area contributed by atoms with Crippen LogP contribution in [0.1, 0.15) is 0 Å². The fraction of sp³-hybridized carbons (Fsp3) is 0. The standard InChI is InChI=1S/C18H13NO2/c1-2-14-12-18(3-1)21-17-10-8-16(9-11-17)20-15-6-4-13(19-14)5-7-15/h1-12,19H. The van der Waals surface area contributed by atoms with Crippen molar-refractivity contribution in [3.63, 3.8) is 0 Å². The first-order valence-electron chi connectivity index (χ1n) is 6.78. The molecule has 1 N–H and O–H groups in total. The first-order valence-corrected chi connectivity index (χ1v) is 6.78. The average molecular weight is 275 g/mol. The van der Waals surface area contributed by atoms with E-state index >= 15 is 0 Å². The summed E-state index contributed by atoms with van der Waals surface area (Å²) in [6, 6.07) is 23.4. The maximum Gasteiger partial charge on any atom is 0.129 e. The van der Waals surface area contributed by atoms with Gasteiger partial charge < -0.3 is 14.8 Å². The van der Waals surface area contributed by atoms with Gasteiger partial charge in [-0.3, -0.25) is 0 Å². The monoisotopic (exact) mass is 275 g/mol. The van der Waals surface area contributed by atoms with Crippen LogP contribution in [0.3, 0.4) is 0 Å². The van der Waals surface area contributed by atoms with E-state index < -0.39 is 0 Å². The van der Waals surface area contributed by atoms with Gasteiger partial charge in [-0.2, -0.15) is 0 Å². The van der Waals surface area contributed by atoms with Gasteiger partial charge in [0.05, 0.1) is 0 Å². The van der Waals surface area contributed by atoms with Crippen molar-refractivity contribution in [3.8, 4) is 23.0 Å². The zero-order valence-corrected chi connectivity index (χ0v) is 11.2. The molecule has 0 aliphatic carbocycles. The molecule has 0 aromatic heterocycles. The predicted octanol–water partition coefficient (Wildman–Crippen LogP) is 5.33. The van der Waals surface area contributed by atoms with Crippen LogP contribution >= 0.6 is 0 Å². The Morgan fingerprint density at radius 3 is 1.76 bits per heavy atom. The smallest absolute Gasteiger partial charge is 0.129 e. The first-order chi connectivity index (χ1) is 10.3. The van der Waals surface area contributed by atoms with Gasteiger partial charge in [0.25, 0.3) is 0 Å². The Labute approximate surface area is 122 Å². The van der Waals surface area contributed by atoms with Crippen LogP contribution in [0.2, 0.25) is 0 Å². The molecule has 6 bridgehead atoms. The zero-order valence-electron chi connectivity index (χ0n) is 11.2. The van der Waals surface area contributed by atoms with Crippen LogP contribution in [0.15, 0.2) is 72.8 Å². The van der Waals surface area contributed by atoms with Crippen molar-refractivity contribution in [1.82, 2.24) is 0 Å². The first kappa shape index (κ1) is 11.9. The predicted molar refractivity (Wildman–Crippen MR) is 82.8 cm³/mol. The van der Waals surface area contributed by atoms with E-state index in [0.29, 0.717) is 0 Å². The van der Waals surface area contributed by atoms with E-state index in [2.05, 4.69) is 5.32 Å². The molecule has 4 aliphatic rings. The second-order valence-corrected chi connectivity index (χ2v) is 4.85. The number of rotatable bonds is 0. The highest BCUT2D eigenvalue weighted by atomic mass is 16.5. The summed E-state index contributed by atoms with van der Waals surface area (Å²) < 4.78 is 11.6. The van der Waals surface area contributed by atoms with Crippen molar-refractivity contribution in [3.05, 3.63) is 72.8 Å². The Hall–Kier alpha value is -2.94. The molecule has 0 unspecified atom stereocenters. The zero-order chi connectivity index (χ0) is 14.1. The quantitative estimate of drug-likeness (QED) is 0.470. The van der Waals surface area contributed by atoms with Crippen molar-refractivity contribution in [2.75, 3.05) is 5.32 Å². The van der Waals surface area contributed by atoms with Gasteiger partial charge in [0.1, 0.15) is 23.0 Å². The molecule has 3 heteroatoms. The molecule has 0 fully saturated rings. The van der Waals surface area contributed by atoms with Crippen LogP contribution in [0.5, 0.6) is 23.0 Å². The molecule has 21 heavy (non-hydrogen) atoms. The van der Waals surface area contributed by atoms with Gasteiger partial charge in [0, 0.05) is 17.4 Å². The molecule has 3 aromatic rings. The summed E-state index contributed by atoms with van der Waals surface area (Å²) in [5.74, 6) is 3.17. The van der Waals surface area contributed by atoms with Crippen molar-refractivity contribution >= 4 is 11.4 Å². The lowest BCUT2D eigenvalue weighted by atomic mass is 10.2. The van der Waals surface area contributed by atoms with Crippen LogP contribution in [0, 0.1) is 0 Å². The molecular formula is C18H13NO2. The van der Waals surface area contributed by atoms with Gasteiger partial charge >= 0.3 is 0 Å². The highest BCUT2D eigenvalue weighted by Crippen LogP contribution is 2.30. The highest BCUT2D eigenvalue weighted by Gasteiger charge is 2.04. The summed E-state index contributed by atoms with van der Waals surface area (Å²) in [6.45, 7) is 0. The van der Waals surface area contributed by atoms with E-state index in [9.17, 15) is 0 Å². The van der Waals surface area contributed by atoms with E-state index in [1.807, 2.05) is 72.8 Å². The van der Waals surface area contributed by atoms with Gasteiger partial charge in [0.2, 0.25) is 0 Å². The van der Waals surface area contributed by atoms with Gasteiger partial charge in [-0.15, -0.1) is 0 Å². The summed E-state index contributed by atoms with van der Waals surface area (Å²) in [7, 11) is 0. The Morgan fingerprint density at radius 2 is 1.10 bits per heavy atom. The third-order valence-corrected chi connectivity index (χ3v) is 3.27. The lowest BCUT2D eigenvalue weighted by Crippen LogP contribution is -1.93. The average Bonchev–Trinajstić information content (AvgIpc) is 2.51. The van der Waals surface area contributed by atoms with Crippen LogP contribution in [0.25, 0.3) is 0 Å². The summed E-state index contributed by atoms with van der Waals surface area (Å²) in [4.78, 5) is 0. The van der Waals surface area contributed by atoms with Gasteiger partial charge in [0.15, 0.2) is 0 Å². The lowest BCUT2D eigenvalue weighted by Gasteiger charge is -2.13. The molecular weight excluding hydrogens is 262 g/mol. The Morgan fingerprint density at radius 1 is 0.524 bits per heavy atom. The molecule has 7 rings (SSSR count). The summed E-state index contributed by atoms with van der Waals surface area (Å²) >= 11 is 0. The number of ether oxygens (including phenoxy) is 2. The van der Waals surface area contributed by atoms with Crippen LogP contribution in [0.4, 0.5) is 11.4 Å². The molecule has 3 aromatic carbocycles.